The Kier molecular flexibility index (Phi) is 2.91. The predicted octanol–water partition coefficient (Wildman–Crippen LogP) is 1.65. The largest absolute Gasteiger partial charge is 0.365 e. The van der Waals surface area contributed by atoms with Gasteiger partial charge in [-0.3, -0.25) is 0 Å². The highest BCUT2D eigenvalue weighted by Crippen LogP contribution is 2.24. The third-order valence-corrected chi connectivity index (χ3v) is 3.68. The van der Waals surface area contributed by atoms with Gasteiger partial charge in [-0.25, -0.2) is 9.97 Å². The van der Waals surface area contributed by atoms with Crippen molar-refractivity contribution in [3.05, 3.63) is 18.6 Å². The van der Waals surface area contributed by atoms with E-state index >= 15 is 0 Å². The third-order valence-electron chi connectivity index (χ3n) is 3.68. The molecule has 0 saturated heterocycles. The summed E-state index contributed by atoms with van der Waals surface area (Å²) in [4.78, 5) is 8.79. The summed E-state index contributed by atoms with van der Waals surface area (Å²) in [6.45, 7) is 0. The van der Waals surface area contributed by atoms with Crippen LogP contribution in [-0.4, -0.2) is 26.6 Å². The normalized spacial score (nSPS) is 24.3. The van der Waals surface area contributed by atoms with Gasteiger partial charge in [0.25, 0.3) is 0 Å². The van der Waals surface area contributed by atoms with Gasteiger partial charge in [-0.2, -0.15) is 0 Å². The molecule has 0 aliphatic heterocycles. The third kappa shape index (κ3) is 2.06. The van der Waals surface area contributed by atoms with Gasteiger partial charge >= 0.3 is 0 Å². The molecule has 0 unspecified atom stereocenters. The summed E-state index contributed by atoms with van der Waals surface area (Å²) in [6.07, 6.45) is 8.16. The first-order chi connectivity index (χ1) is 8.74. The Morgan fingerprint density at radius 3 is 3.11 bits per heavy atom. The molecule has 18 heavy (non-hydrogen) atoms. The molecule has 0 aromatic carbocycles. The van der Waals surface area contributed by atoms with Crippen molar-refractivity contribution in [2.75, 3.05) is 5.32 Å². The molecule has 1 saturated carbocycles. The van der Waals surface area contributed by atoms with Crippen molar-refractivity contribution in [1.82, 2.24) is 14.5 Å². The molecule has 2 aromatic rings. The molecule has 2 aromatic heterocycles. The highest BCUT2D eigenvalue weighted by atomic mass is 15.1. The fourth-order valence-corrected chi connectivity index (χ4v) is 2.76. The Bertz CT molecular complexity index is 547. The number of hydrogen-bond donors (Lipinski definition) is 2. The average Bonchev–Trinajstić information content (AvgIpc) is 2.72. The summed E-state index contributed by atoms with van der Waals surface area (Å²) in [5.74, 6) is 0.923. The molecule has 0 amide bonds. The van der Waals surface area contributed by atoms with Gasteiger partial charge in [0.15, 0.2) is 5.82 Å². The molecule has 1 aliphatic rings. The van der Waals surface area contributed by atoms with Crippen molar-refractivity contribution < 1.29 is 0 Å². The molecular formula is C13H19N5. The minimum Gasteiger partial charge on any atom is -0.365 e. The van der Waals surface area contributed by atoms with Gasteiger partial charge in [-0.05, 0) is 31.7 Å². The van der Waals surface area contributed by atoms with Gasteiger partial charge in [0.2, 0.25) is 0 Å². The summed E-state index contributed by atoms with van der Waals surface area (Å²) in [7, 11) is 1.99. The topological polar surface area (TPSA) is 68.8 Å². The number of fused-ring (bicyclic) bond motifs is 1. The lowest BCUT2D eigenvalue weighted by molar-refractivity contribution is 0.409. The molecular weight excluding hydrogens is 226 g/mol. The van der Waals surface area contributed by atoms with E-state index in [0.29, 0.717) is 12.1 Å². The number of nitrogens with two attached hydrogens (primary N) is 1. The minimum absolute atomic E-state index is 0.321. The zero-order valence-corrected chi connectivity index (χ0v) is 10.6. The van der Waals surface area contributed by atoms with Crippen molar-refractivity contribution in [2.45, 2.75) is 37.8 Å². The standard InChI is InChI=1S/C13H19N5/c1-18-8-16-11-5-6-15-13(12(11)18)17-10-4-2-3-9(14)7-10/h5-6,8-10H,2-4,7,14H2,1H3,(H,15,17)/t9-,10+/m0/s1. The second-order valence-electron chi connectivity index (χ2n) is 5.15. The van der Waals surface area contributed by atoms with Crippen LogP contribution in [0.15, 0.2) is 18.6 Å². The van der Waals surface area contributed by atoms with E-state index in [0.717, 1.165) is 29.7 Å². The number of aryl methyl sites for hydroxylation is 1. The summed E-state index contributed by atoms with van der Waals surface area (Å²) in [5.41, 5.74) is 8.07. The van der Waals surface area contributed by atoms with Crippen LogP contribution in [0.1, 0.15) is 25.7 Å². The molecule has 3 N–H and O–H groups in total. The van der Waals surface area contributed by atoms with Crippen LogP contribution in [0.25, 0.3) is 11.0 Å². The Balaban J connectivity index is 1.88. The first-order valence-corrected chi connectivity index (χ1v) is 6.52. The van der Waals surface area contributed by atoms with E-state index in [-0.39, 0.29) is 0 Å². The van der Waals surface area contributed by atoms with E-state index in [9.17, 15) is 0 Å². The van der Waals surface area contributed by atoms with Crippen molar-refractivity contribution in [3.8, 4) is 0 Å². The first-order valence-electron chi connectivity index (χ1n) is 6.52. The number of hydrogen-bond acceptors (Lipinski definition) is 4. The Hall–Kier alpha value is -1.62. The number of nitrogens with zero attached hydrogens (tertiary/aromatic N) is 3. The number of rotatable bonds is 2. The second-order valence-corrected chi connectivity index (χ2v) is 5.15. The number of anilines is 1. The number of pyridine rings is 1. The van der Waals surface area contributed by atoms with Crippen molar-refractivity contribution in [3.63, 3.8) is 0 Å². The maximum atomic E-state index is 6.02. The molecule has 0 bridgehead atoms. The summed E-state index contributed by atoms with van der Waals surface area (Å²) >= 11 is 0. The molecule has 0 spiro atoms. The molecule has 5 nitrogen and oxygen atoms in total. The minimum atomic E-state index is 0.321. The van der Waals surface area contributed by atoms with Gasteiger partial charge in [0, 0.05) is 25.3 Å². The van der Waals surface area contributed by atoms with E-state index in [4.69, 9.17) is 5.73 Å². The Morgan fingerprint density at radius 1 is 1.39 bits per heavy atom. The van der Waals surface area contributed by atoms with Crippen molar-refractivity contribution in [1.29, 1.82) is 0 Å². The summed E-state index contributed by atoms with van der Waals surface area (Å²) < 4.78 is 2.01. The van der Waals surface area contributed by atoms with Crippen molar-refractivity contribution >= 4 is 16.9 Å². The number of imidazole rings is 1. The molecule has 1 fully saturated rings. The van der Waals surface area contributed by atoms with Crippen LogP contribution in [0.4, 0.5) is 5.82 Å². The van der Waals surface area contributed by atoms with E-state index in [1.54, 1.807) is 6.20 Å². The molecule has 3 rings (SSSR count). The Morgan fingerprint density at radius 2 is 2.28 bits per heavy atom. The molecule has 0 radical (unpaired) electrons. The van der Waals surface area contributed by atoms with Crippen LogP contribution >= 0.6 is 0 Å². The lowest BCUT2D eigenvalue weighted by Gasteiger charge is -2.27. The van der Waals surface area contributed by atoms with Gasteiger partial charge in [-0.15, -0.1) is 0 Å². The molecule has 96 valence electrons. The Labute approximate surface area is 106 Å². The van der Waals surface area contributed by atoms with Crippen LogP contribution in [0.5, 0.6) is 0 Å². The zero-order chi connectivity index (χ0) is 12.5. The molecule has 2 atom stereocenters. The second kappa shape index (κ2) is 4.57. The zero-order valence-electron chi connectivity index (χ0n) is 10.6. The van der Waals surface area contributed by atoms with Crippen LogP contribution in [0.2, 0.25) is 0 Å². The number of nitrogens with one attached hydrogen (secondary N) is 1. The van der Waals surface area contributed by atoms with E-state index in [1.807, 2.05) is 24.0 Å². The van der Waals surface area contributed by atoms with Crippen LogP contribution < -0.4 is 11.1 Å². The van der Waals surface area contributed by atoms with E-state index < -0.39 is 0 Å². The van der Waals surface area contributed by atoms with Crippen LogP contribution in [0, 0.1) is 0 Å². The monoisotopic (exact) mass is 245 g/mol. The van der Waals surface area contributed by atoms with Crippen LogP contribution in [-0.2, 0) is 7.05 Å². The SMILES string of the molecule is Cn1cnc2ccnc(N[C@@H]3CCC[C@H](N)C3)c21. The fraction of sp³-hybridized carbons (Fsp3) is 0.538. The summed E-state index contributed by atoms with van der Waals surface area (Å²) in [6, 6.07) is 2.69. The predicted molar refractivity (Wildman–Crippen MR) is 72.4 cm³/mol. The highest BCUT2D eigenvalue weighted by molar-refractivity contribution is 5.86. The van der Waals surface area contributed by atoms with E-state index in [2.05, 4.69) is 15.3 Å². The maximum Gasteiger partial charge on any atom is 0.152 e. The lowest BCUT2D eigenvalue weighted by Crippen LogP contribution is -2.35. The molecule has 5 heteroatoms. The van der Waals surface area contributed by atoms with Crippen LogP contribution in [0.3, 0.4) is 0 Å². The quantitative estimate of drug-likeness (QED) is 0.844. The highest BCUT2D eigenvalue weighted by Gasteiger charge is 2.20. The smallest absolute Gasteiger partial charge is 0.152 e. The first kappa shape index (κ1) is 11.5. The van der Waals surface area contributed by atoms with Gasteiger partial charge in [0.05, 0.1) is 11.8 Å². The van der Waals surface area contributed by atoms with Gasteiger partial charge < -0.3 is 15.6 Å². The lowest BCUT2D eigenvalue weighted by atomic mass is 9.91. The number of aromatic nitrogens is 3. The van der Waals surface area contributed by atoms with E-state index in [1.165, 1.54) is 12.8 Å². The maximum absolute atomic E-state index is 6.02. The molecule has 1 aliphatic carbocycles. The summed E-state index contributed by atoms with van der Waals surface area (Å²) in [5, 5.41) is 3.53. The van der Waals surface area contributed by atoms with Gasteiger partial charge in [-0.1, -0.05) is 0 Å². The molecule has 2 heterocycles. The fourth-order valence-electron chi connectivity index (χ4n) is 2.76. The van der Waals surface area contributed by atoms with Gasteiger partial charge in [0.1, 0.15) is 5.52 Å². The average molecular weight is 245 g/mol. The van der Waals surface area contributed by atoms with Crippen molar-refractivity contribution in [2.24, 2.45) is 12.8 Å².